The molecule has 1 aromatic rings. The largest absolute Gasteiger partial charge is 0.469 e. The molecule has 1 saturated heterocycles. The van der Waals surface area contributed by atoms with Gasteiger partial charge in [-0.2, -0.15) is 5.10 Å². The van der Waals surface area contributed by atoms with Crippen LogP contribution >= 0.6 is 0 Å². The number of rotatable bonds is 4. The van der Waals surface area contributed by atoms with E-state index in [9.17, 15) is 14.4 Å². The lowest BCUT2D eigenvalue weighted by molar-refractivity contribution is -0.149. The van der Waals surface area contributed by atoms with Gasteiger partial charge in [0.1, 0.15) is 6.54 Å². The molecule has 0 radical (unpaired) electrons. The molecule has 0 aromatic carbocycles. The van der Waals surface area contributed by atoms with E-state index in [2.05, 4.69) is 5.10 Å². The standard InChI is InChI=1S/C16H21N3O4/c1-23-16(22)12-6-8-18(9-7-12)15(21)10-19-14(20)5-4-13(17-19)11-2-3-11/h4-5,11-12H,2-3,6-10H2,1H3. The summed E-state index contributed by atoms with van der Waals surface area (Å²) in [5.41, 5.74) is 0.633. The normalized spacial score (nSPS) is 18.7. The highest BCUT2D eigenvalue weighted by molar-refractivity contribution is 5.77. The maximum absolute atomic E-state index is 12.4. The van der Waals surface area contributed by atoms with Crippen molar-refractivity contribution < 1.29 is 14.3 Å². The summed E-state index contributed by atoms with van der Waals surface area (Å²) in [5, 5.41) is 4.31. The molecule has 2 heterocycles. The fourth-order valence-corrected chi connectivity index (χ4v) is 2.93. The van der Waals surface area contributed by atoms with Gasteiger partial charge in [-0.25, -0.2) is 4.68 Å². The van der Waals surface area contributed by atoms with Gasteiger partial charge in [0.05, 0.1) is 18.7 Å². The zero-order chi connectivity index (χ0) is 16.4. The Kier molecular flexibility index (Phi) is 4.45. The summed E-state index contributed by atoms with van der Waals surface area (Å²) in [6.07, 6.45) is 3.39. The van der Waals surface area contributed by atoms with Crippen LogP contribution in [-0.2, 0) is 20.9 Å². The van der Waals surface area contributed by atoms with Gasteiger partial charge in [0, 0.05) is 25.1 Å². The first-order valence-corrected chi connectivity index (χ1v) is 8.02. The van der Waals surface area contributed by atoms with Gasteiger partial charge in [0.25, 0.3) is 5.56 Å². The Morgan fingerprint density at radius 3 is 2.52 bits per heavy atom. The van der Waals surface area contributed by atoms with E-state index in [1.54, 1.807) is 11.0 Å². The molecule has 23 heavy (non-hydrogen) atoms. The number of amides is 1. The van der Waals surface area contributed by atoms with Crippen molar-refractivity contribution in [1.29, 1.82) is 0 Å². The van der Waals surface area contributed by atoms with Crippen LogP contribution in [0.4, 0.5) is 0 Å². The van der Waals surface area contributed by atoms with Gasteiger partial charge >= 0.3 is 5.97 Å². The molecule has 2 aliphatic rings. The number of methoxy groups -OCH3 is 1. The summed E-state index contributed by atoms with van der Waals surface area (Å²) in [7, 11) is 1.38. The highest BCUT2D eigenvalue weighted by Crippen LogP contribution is 2.38. The van der Waals surface area contributed by atoms with Crippen LogP contribution in [0.25, 0.3) is 0 Å². The molecular weight excluding hydrogens is 298 g/mol. The second kappa shape index (κ2) is 6.52. The highest BCUT2D eigenvalue weighted by Gasteiger charge is 2.29. The van der Waals surface area contributed by atoms with E-state index in [1.807, 2.05) is 0 Å². The minimum atomic E-state index is -0.257. The molecule has 0 atom stereocenters. The molecule has 2 fully saturated rings. The number of hydrogen-bond acceptors (Lipinski definition) is 5. The molecule has 0 bridgehead atoms. The number of esters is 1. The summed E-state index contributed by atoms with van der Waals surface area (Å²) in [6.45, 7) is 0.980. The van der Waals surface area contributed by atoms with E-state index in [0.717, 1.165) is 18.5 Å². The Hall–Kier alpha value is -2.18. The van der Waals surface area contributed by atoms with Crippen molar-refractivity contribution in [2.75, 3.05) is 20.2 Å². The van der Waals surface area contributed by atoms with Crippen molar-refractivity contribution in [2.45, 2.75) is 38.1 Å². The number of carbonyl (C=O) groups is 2. The van der Waals surface area contributed by atoms with Crippen molar-refractivity contribution in [3.63, 3.8) is 0 Å². The number of likely N-dealkylation sites (tertiary alicyclic amines) is 1. The van der Waals surface area contributed by atoms with Gasteiger partial charge in [-0.3, -0.25) is 14.4 Å². The van der Waals surface area contributed by atoms with E-state index in [1.165, 1.54) is 17.9 Å². The van der Waals surface area contributed by atoms with Gasteiger partial charge in [-0.1, -0.05) is 0 Å². The number of piperidine rings is 1. The minimum Gasteiger partial charge on any atom is -0.469 e. The smallest absolute Gasteiger partial charge is 0.308 e. The third-order valence-electron chi connectivity index (χ3n) is 4.55. The number of ether oxygens (including phenoxy) is 1. The first kappa shape index (κ1) is 15.7. The molecule has 3 rings (SSSR count). The van der Waals surface area contributed by atoms with Crippen molar-refractivity contribution in [1.82, 2.24) is 14.7 Å². The Labute approximate surface area is 134 Å². The first-order chi connectivity index (χ1) is 11.1. The summed E-state index contributed by atoms with van der Waals surface area (Å²) in [4.78, 5) is 37.5. The maximum atomic E-state index is 12.4. The van der Waals surface area contributed by atoms with Gasteiger partial charge in [-0.15, -0.1) is 0 Å². The molecule has 0 unspecified atom stereocenters. The SMILES string of the molecule is COC(=O)C1CCN(C(=O)Cn2nc(C3CC3)ccc2=O)CC1. The van der Waals surface area contributed by atoms with Crippen LogP contribution in [-0.4, -0.2) is 46.8 Å². The lowest BCUT2D eigenvalue weighted by atomic mass is 9.97. The molecule has 7 nitrogen and oxygen atoms in total. The van der Waals surface area contributed by atoms with E-state index in [0.29, 0.717) is 31.8 Å². The van der Waals surface area contributed by atoms with Crippen molar-refractivity contribution in [3.05, 3.63) is 28.2 Å². The molecular formula is C16H21N3O4. The van der Waals surface area contributed by atoms with Crippen LogP contribution < -0.4 is 5.56 Å². The lowest BCUT2D eigenvalue weighted by Gasteiger charge is -2.30. The van der Waals surface area contributed by atoms with Gasteiger partial charge < -0.3 is 9.64 Å². The molecule has 1 aliphatic heterocycles. The summed E-state index contributed by atoms with van der Waals surface area (Å²) in [6, 6.07) is 3.24. The van der Waals surface area contributed by atoms with Gasteiger partial charge in [0.15, 0.2) is 0 Å². The number of hydrogen-bond donors (Lipinski definition) is 0. The Balaban J connectivity index is 1.60. The molecule has 1 aromatic heterocycles. The van der Waals surface area contributed by atoms with Crippen molar-refractivity contribution >= 4 is 11.9 Å². The number of carbonyl (C=O) groups excluding carboxylic acids is 2. The third kappa shape index (κ3) is 3.60. The summed E-state index contributed by atoms with van der Waals surface area (Å²) in [5.74, 6) is -0.0428. The molecule has 124 valence electrons. The third-order valence-corrected chi connectivity index (χ3v) is 4.55. The average molecular weight is 319 g/mol. The van der Waals surface area contributed by atoms with Crippen molar-refractivity contribution in [3.8, 4) is 0 Å². The van der Waals surface area contributed by atoms with E-state index in [4.69, 9.17) is 4.74 Å². The second-order valence-electron chi connectivity index (χ2n) is 6.21. The van der Waals surface area contributed by atoms with E-state index < -0.39 is 0 Å². The van der Waals surface area contributed by atoms with E-state index >= 15 is 0 Å². The fraction of sp³-hybridized carbons (Fsp3) is 0.625. The van der Waals surface area contributed by atoms with E-state index in [-0.39, 0.29) is 29.9 Å². The molecule has 1 amide bonds. The minimum absolute atomic E-state index is 0.0394. The summed E-state index contributed by atoms with van der Waals surface area (Å²) >= 11 is 0. The average Bonchev–Trinajstić information content (AvgIpc) is 3.41. The molecule has 0 N–H and O–H groups in total. The number of aromatic nitrogens is 2. The fourth-order valence-electron chi connectivity index (χ4n) is 2.93. The zero-order valence-corrected chi connectivity index (χ0v) is 13.2. The monoisotopic (exact) mass is 319 g/mol. The Bertz CT molecular complexity index is 658. The maximum Gasteiger partial charge on any atom is 0.308 e. The van der Waals surface area contributed by atoms with Gasteiger partial charge in [0.2, 0.25) is 5.91 Å². The summed E-state index contributed by atoms with van der Waals surface area (Å²) < 4.78 is 5.99. The predicted molar refractivity (Wildman–Crippen MR) is 81.8 cm³/mol. The topological polar surface area (TPSA) is 81.5 Å². The molecule has 1 saturated carbocycles. The Morgan fingerprint density at radius 1 is 1.22 bits per heavy atom. The molecule has 0 spiro atoms. The van der Waals surface area contributed by atoms with Crippen LogP contribution in [0, 0.1) is 5.92 Å². The van der Waals surface area contributed by atoms with Gasteiger partial charge in [-0.05, 0) is 31.7 Å². The van der Waals surface area contributed by atoms with Crippen LogP contribution in [0.5, 0.6) is 0 Å². The number of nitrogens with zero attached hydrogens (tertiary/aromatic N) is 3. The quantitative estimate of drug-likeness (QED) is 0.756. The Morgan fingerprint density at radius 2 is 1.91 bits per heavy atom. The molecule has 7 heteroatoms. The van der Waals surface area contributed by atoms with Crippen LogP contribution in [0.3, 0.4) is 0 Å². The van der Waals surface area contributed by atoms with Crippen LogP contribution in [0.1, 0.15) is 37.3 Å². The van der Waals surface area contributed by atoms with Crippen LogP contribution in [0.2, 0.25) is 0 Å². The zero-order valence-electron chi connectivity index (χ0n) is 13.2. The van der Waals surface area contributed by atoms with Crippen LogP contribution in [0.15, 0.2) is 16.9 Å². The first-order valence-electron chi connectivity index (χ1n) is 8.02. The lowest BCUT2D eigenvalue weighted by Crippen LogP contribution is -2.43. The molecule has 1 aliphatic carbocycles. The predicted octanol–water partition coefficient (Wildman–Crippen LogP) is 0.532. The second-order valence-corrected chi connectivity index (χ2v) is 6.21. The van der Waals surface area contributed by atoms with Crippen molar-refractivity contribution in [2.24, 2.45) is 5.92 Å². The highest BCUT2D eigenvalue weighted by atomic mass is 16.5.